The second-order valence-electron chi connectivity index (χ2n) is 4.45. The number of methoxy groups -OCH3 is 3. The van der Waals surface area contributed by atoms with Crippen molar-refractivity contribution in [2.75, 3.05) is 27.9 Å². The summed E-state index contributed by atoms with van der Waals surface area (Å²) in [7, 11) is 4.98. The second-order valence-corrected chi connectivity index (χ2v) is 4.45. The van der Waals surface area contributed by atoms with Gasteiger partial charge in [-0.15, -0.1) is 0 Å². The van der Waals surface area contributed by atoms with Crippen molar-refractivity contribution in [2.45, 2.75) is 51.0 Å². The summed E-state index contributed by atoms with van der Waals surface area (Å²) < 4.78 is 27.5. The zero-order valence-corrected chi connectivity index (χ0v) is 11.3. The molecule has 4 atom stereocenters. The van der Waals surface area contributed by atoms with Gasteiger partial charge in [0.25, 0.3) is 0 Å². The van der Waals surface area contributed by atoms with Crippen LogP contribution in [0, 0.1) is 0 Å². The topological polar surface area (TPSA) is 46.2 Å². The maximum Gasteiger partial charge on any atom is 0.161 e. The van der Waals surface area contributed by atoms with Crippen LogP contribution in [0.4, 0.5) is 0 Å². The van der Waals surface area contributed by atoms with Gasteiger partial charge < -0.3 is 23.7 Å². The molecule has 0 bridgehead atoms. The van der Waals surface area contributed by atoms with Gasteiger partial charge in [0.1, 0.15) is 12.2 Å². The first-order chi connectivity index (χ1) is 8.12. The lowest BCUT2D eigenvalue weighted by Crippen LogP contribution is -2.52. The van der Waals surface area contributed by atoms with Crippen LogP contribution in [0.5, 0.6) is 0 Å². The Kier molecular flexibility index (Phi) is 6.37. The van der Waals surface area contributed by atoms with Crippen LogP contribution in [0.3, 0.4) is 0 Å². The Labute approximate surface area is 103 Å². The molecule has 0 aromatic rings. The minimum Gasteiger partial charge on any atom is -0.382 e. The van der Waals surface area contributed by atoms with E-state index in [1.54, 1.807) is 21.3 Å². The van der Waals surface area contributed by atoms with Crippen molar-refractivity contribution in [3.05, 3.63) is 0 Å². The number of hydrogen-bond donors (Lipinski definition) is 0. The molecule has 5 nitrogen and oxygen atoms in total. The lowest BCUT2D eigenvalue weighted by molar-refractivity contribution is -0.274. The number of rotatable bonds is 6. The lowest BCUT2D eigenvalue weighted by Gasteiger charge is -2.40. The van der Waals surface area contributed by atoms with Crippen molar-refractivity contribution in [1.82, 2.24) is 0 Å². The van der Waals surface area contributed by atoms with Crippen molar-refractivity contribution in [3.63, 3.8) is 0 Å². The highest BCUT2D eigenvalue weighted by atomic mass is 16.7. The number of ether oxygens (including phenoxy) is 5. The molecule has 0 radical (unpaired) electrons. The van der Waals surface area contributed by atoms with Crippen LogP contribution in [0.15, 0.2) is 0 Å². The van der Waals surface area contributed by atoms with E-state index < -0.39 is 0 Å². The Hall–Kier alpha value is -0.200. The molecule has 1 fully saturated rings. The van der Waals surface area contributed by atoms with Gasteiger partial charge in [0.2, 0.25) is 0 Å². The summed E-state index contributed by atoms with van der Waals surface area (Å²) >= 11 is 0. The summed E-state index contributed by atoms with van der Waals surface area (Å²) in [6.45, 7) is 4.44. The Balaban J connectivity index is 2.64. The lowest BCUT2D eigenvalue weighted by atomic mass is 10.0. The highest BCUT2D eigenvalue weighted by Gasteiger charge is 2.39. The van der Waals surface area contributed by atoms with Gasteiger partial charge in [-0.1, -0.05) is 0 Å². The fourth-order valence-electron chi connectivity index (χ4n) is 2.11. The standard InChI is InChI=1S/C12H24O5/c1-8(2)16-11-6-9(14-4)12(15-5)10(17-11)7-13-3/h8-12H,6-7H2,1-5H3/t9-,10-,11+,12-/m1/s1. The van der Waals surface area contributed by atoms with Gasteiger partial charge >= 0.3 is 0 Å². The van der Waals surface area contributed by atoms with E-state index in [1.807, 2.05) is 13.8 Å². The van der Waals surface area contributed by atoms with Crippen LogP contribution in [-0.2, 0) is 23.7 Å². The molecule has 102 valence electrons. The quantitative estimate of drug-likeness (QED) is 0.707. The summed E-state index contributed by atoms with van der Waals surface area (Å²) in [5.41, 5.74) is 0. The third kappa shape index (κ3) is 4.19. The van der Waals surface area contributed by atoms with Crippen LogP contribution >= 0.6 is 0 Å². The molecule has 0 spiro atoms. The van der Waals surface area contributed by atoms with Crippen molar-refractivity contribution < 1.29 is 23.7 Å². The van der Waals surface area contributed by atoms with Gasteiger partial charge in [0.15, 0.2) is 6.29 Å². The van der Waals surface area contributed by atoms with Crippen LogP contribution < -0.4 is 0 Å². The summed E-state index contributed by atoms with van der Waals surface area (Å²) in [5, 5.41) is 0. The minimum absolute atomic E-state index is 0.0300. The molecule has 0 aromatic heterocycles. The fraction of sp³-hybridized carbons (Fsp3) is 1.00. The predicted octanol–water partition coefficient (Wildman–Crippen LogP) is 1.20. The summed E-state index contributed by atoms with van der Waals surface area (Å²) in [5.74, 6) is 0. The van der Waals surface area contributed by atoms with E-state index in [9.17, 15) is 0 Å². The summed E-state index contributed by atoms with van der Waals surface area (Å²) in [6.07, 6.45) is 0.233. The molecule has 0 unspecified atom stereocenters. The highest BCUT2D eigenvalue weighted by Crippen LogP contribution is 2.26. The van der Waals surface area contributed by atoms with Crippen molar-refractivity contribution in [1.29, 1.82) is 0 Å². The molecular formula is C12H24O5. The Morgan fingerprint density at radius 1 is 1.18 bits per heavy atom. The molecule has 1 aliphatic rings. The molecule has 0 amide bonds. The largest absolute Gasteiger partial charge is 0.382 e. The predicted molar refractivity (Wildman–Crippen MR) is 63.0 cm³/mol. The summed E-state index contributed by atoms with van der Waals surface area (Å²) in [6, 6.07) is 0. The van der Waals surface area contributed by atoms with Crippen LogP contribution in [0.1, 0.15) is 20.3 Å². The Bertz CT molecular complexity index is 209. The average Bonchev–Trinajstić information content (AvgIpc) is 2.28. The van der Waals surface area contributed by atoms with E-state index in [0.29, 0.717) is 13.0 Å². The summed E-state index contributed by atoms with van der Waals surface area (Å²) in [4.78, 5) is 0. The van der Waals surface area contributed by atoms with E-state index >= 15 is 0 Å². The van der Waals surface area contributed by atoms with Crippen LogP contribution in [-0.4, -0.2) is 58.6 Å². The Morgan fingerprint density at radius 2 is 1.88 bits per heavy atom. The molecule has 0 N–H and O–H groups in total. The van der Waals surface area contributed by atoms with Gasteiger partial charge in [-0.25, -0.2) is 0 Å². The second kappa shape index (κ2) is 7.28. The van der Waals surface area contributed by atoms with Gasteiger partial charge in [0, 0.05) is 27.8 Å². The Morgan fingerprint density at radius 3 is 2.35 bits per heavy atom. The van der Waals surface area contributed by atoms with Gasteiger partial charge in [-0.2, -0.15) is 0 Å². The van der Waals surface area contributed by atoms with E-state index in [4.69, 9.17) is 23.7 Å². The van der Waals surface area contributed by atoms with E-state index in [-0.39, 0.29) is 30.7 Å². The first kappa shape index (κ1) is 14.9. The molecule has 1 heterocycles. The molecular weight excluding hydrogens is 224 g/mol. The molecule has 1 saturated heterocycles. The molecule has 17 heavy (non-hydrogen) atoms. The van der Waals surface area contributed by atoms with Gasteiger partial charge in [0.05, 0.1) is 18.8 Å². The van der Waals surface area contributed by atoms with E-state index in [1.165, 1.54) is 0 Å². The van der Waals surface area contributed by atoms with Gasteiger partial charge in [-0.3, -0.25) is 0 Å². The molecule has 1 aliphatic heterocycles. The number of hydrogen-bond acceptors (Lipinski definition) is 5. The molecule has 0 aliphatic carbocycles. The molecule has 1 rings (SSSR count). The normalized spacial score (nSPS) is 34.2. The SMILES string of the molecule is COC[C@H]1O[C@H](OC(C)C)C[C@@H](OC)[C@H]1OC. The molecule has 0 aromatic carbocycles. The molecule has 5 heteroatoms. The minimum atomic E-state index is -0.258. The van der Waals surface area contributed by atoms with Crippen LogP contribution in [0.2, 0.25) is 0 Å². The van der Waals surface area contributed by atoms with E-state index in [0.717, 1.165) is 0 Å². The van der Waals surface area contributed by atoms with E-state index in [2.05, 4.69) is 0 Å². The highest BCUT2D eigenvalue weighted by molar-refractivity contribution is 4.85. The molecule has 0 saturated carbocycles. The van der Waals surface area contributed by atoms with Crippen LogP contribution in [0.25, 0.3) is 0 Å². The monoisotopic (exact) mass is 248 g/mol. The maximum absolute atomic E-state index is 5.82. The average molecular weight is 248 g/mol. The van der Waals surface area contributed by atoms with Crippen molar-refractivity contribution in [3.8, 4) is 0 Å². The van der Waals surface area contributed by atoms with Crippen molar-refractivity contribution in [2.24, 2.45) is 0 Å². The zero-order valence-electron chi connectivity index (χ0n) is 11.3. The smallest absolute Gasteiger partial charge is 0.161 e. The zero-order chi connectivity index (χ0) is 12.8. The maximum atomic E-state index is 5.82. The third-order valence-electron chi connectivity index (χ3n) is 2.81. The third-order valence-corrected chi connectivity index (χ3v) is 2.81. The van der Waals surface area contributed by atoms with Crippen molar-refractivity contribution >= 4 is 0 Å². The first-order valence-electron chi connectivity index (χ1n) is 5.97. The first-order valence-corrected chi connectivity index (χ1v) is 5.97. The fourth-order valence-corrected chi connectivity index (χ4v) is 2.11. The van der Waals surface area contributed by atoms with Gasteiger partial charge in [-0.05, 0) is 13.8 Å².